The first-order valence-electron chi connectivity index (χ1n) is 8.51. The van der Waals surface area contributed by atoms with E-state index in [-0.39, 0.29) is 17.0 Å². The maximum Gasteiger partial charge on any atom is 0.416 e. The number of alkyl halides is 3. The molecule has 0 aliphatic carbocycles. The van der Waals surface area contributed by atoms with Crippen LogP contribution in [0.1, 0.15) is 27.2 Å². The van der Waals surface area contributed by atoms with E-state index in [1.165, 1.54) is 24.4 Å². The number of non-ortho nitro benzene ring substituents is 1. The number of hydrazone groups is 1. The molecule has 0 fully saturated rings. The second kappa shape index (κ2) is 8.19. The highest BCUT2D eigenvalue weighted by Gasteiger charge is 2.30. The standard InChI is InChI=1S/C20H14F3N3O4/c1-12-9-15(26(28)29)5-7-17(12)18-8-6-16(30-18)11-24-25-19(27)13-3-2-4-14(10-13)20(21,22)23/h2-11H,1H3,(H,25,27)/b24-11+. The Morgan fingerprint density at radius 3 is 2.60 bits per heavy atom. The molecule has 1 aromatic heterocycles. The molecule has 10 heteroatoms. The molecule has 1 amide bonds. The lowest BCUT2D eigenvalue weighted by molar-refractivity contribution is -0.384. The van der Waals surface area contributed by atoms with Crippen LogP contribution in [0.25, 0.3) is 11.3 Å². The Balaban J connectivity index is 1.69. The van der Waals surface area contributed by atoms with E-state index in [4.69, 9.17) is 4.42 Å². The van der Waals surface area contributed by atoms with Crippen molar-refractivity contribution in [2.24, 2.45) is 5.10 Å². The van der Waals surface area contributed by atoms with Crippen molar-refractivity contribution in [2.75, 3.05) is 0 Å². The monoisotopic (exact) mass is 417 g/mol. The lowest BCUT2D eigenvalue weighted by Gasteiger charge is -2.07. The molecule has 0 atom stereocenters. The SMILES string of the molecule is Cc1cc([N+](=O)[O-])ccc1-c1ccc(/C=N/NC(=O)c2cccc(C(F)(F)F)c2)o1. The van der Waals surface area contributed by atoms with E-state index in [1.807, 2.05) is 0 Å². The van der Waals surface area contributed by atoms with Gasteiger partial charge in [-0.2, -0.15) is 18.3 Å². The van der Waals surface area contributed by atoms with Crippen molar-refractivity contribution in [2.45, 2.75) is 13.1 Å². The van der Waals surface area contributed by atoms with Crippen LogP contribution >= 0.6 is 0 Å². The number of carbonyl (C=O) groups excluding carboxylic acids is 1. The summed E-state index contributed by atoms with van der Waals surface area (Å²) in [6.07, 6.45) is -3.37. The van der Waals surface area contributed by atoms with E-state index >= 15 is 0 Å². The largest absolute Gasteiger partial charge is 0.455 e. The third-order valence-corrected chi connectivity index (χ3v) is 4.12. The Morgan fingerprint density at radius 1 is 1.17 bits per heavy atom. The highest BCUT2D eigenvalue weighted by Crippen LogP contribution is 2.30. The molecule has 0 saturated heterocycles. The zero-order chi connectivity index (χ0) is 21.9. The molecular weight excluding hydrogens is 403 g/mol. The van der Waals surface area contributed by atoms with E-state index in [1.54, 1.807) is 25.1 Å². The van der Waals surface area contributed by atoms with Gasteiger partial charge in [-0.3, -0.25) is 14.9 Å². The van der Waals surface area contributed by atoms with Gasteiger partial charge in [-0.1, -0.05) is 6.07 Å². The number of amides is 1. The molecule has 0 saturated carbocycles. The molecular formula is C20H14F3N3O4. The van der Waals surface area contributed by atoms with Crippen LogP contribution in [0.3, 0.4) is 0 Å². The Bertz CT molecular complexity index is 1140. The summed E-state index contributed by atoms with van der Waals surface area (Å²) in [4.78, 5) is 22.3. The molecule has 154 valence electrons. The van der Waals surface area contributed by atoms with E-state index in [0.29, 0.717) is 16.9 Å². The molecule has 0 radical (unpaired) electrons. The number of aryl methyl sites for hydroxylation is 1. The van der Waals surface area contributed by atoms with Gasteiger partial charge < -0.3 is 4.42 Å². The number of nitrogens with one attached hydrogen (secondary N) is 1. The fraction of sp³-hybridized carbons (Fsp3) is 0.100. The van der Waals surface area contributed by atoms with Gasteiger partial charge >= 0.3 is 6.18 Å². The van der Waals surface area contributed by atoms with Crippen LogP contribution in [0.2, 0.25) is 0 Å². The van der Waals surface area contributed by atoms with Crippen molar-refractivity contribution < 1.29 is 27.3 Å². The lowest BCUT2D eigenvalue weighted by Crippen LogP contribution is -2.18. The highest BCUT2D eigenvalue weighted by atomic mass is 19.4. The summed E-state index contributed by atoms with van der Waals surface area (Å²) in [5, 5.41) is 14.5. The quantitative estimate of drug-likeness (QED) is 0.361. The van der Waals surface area contributed by atoms with Gasteiger partial charge in [0, 0.05) is 23.3 Å². The first-order valence-corrected chi connectivity index (χ1v) is 8.51. The maximum atomic E-state index is 12.7. The average Bonchev–Trinajstić information content (AvgIpc) is 3.15. The Kier molecular flexibility index (Phi) is 5.67. The van der Waals surface area contributed by atoms with Crippen LogP contribution in [0.5, 0.6) is 0 Å². The van der Waals surface area contributed by atoms with E-state index < -0.39 is 22.6 Å². The van der Waals surface area contributed by atoms with Crippen molar-refractivity contribution >= 4 is 17.8 Å². The number of furan rings is 1. The number of nitro groups is 1. The molecule has 0 unspecified atom stereocenters. The predicted octanol–water partition coefficient (Wildman–Crippen LogP) is 4.95. The fourth-order valence-corrected chi connectivity index (χ4v) is 2.66. The zero-order valence-electron chi connectivity index (χ0n) is 15.4. The van der Waals surface area contributed by atoms with Gasteiger partial charge in [0.1, 0.15) is 11.5 Å². The topological polar surface area (TPSA) is 97.7 Å². The molecule has 0 bridgehead atoms. The van der Waals surface area contributed by atoms with Crippen LogP contribution in [-0.4, -0.2) is 17.0 Å². The van der Waals surface area contributed by atoms with Crippen LogP contribution in [-0.2, 0) is 6.18 Å². The number of carbonyl (C=O) groups is 1. The van der Waals surface area contributed by atoms with E-state index in [0.717, 1.165) is 18.2 Å². The number of rotatable bonds is 5. The maximum absolute atomic E-state index is 12.7. The molecule has 0 spiro atoms. The van der Waals surface area contributed by atoms with E-state index in [2.05, 4.69) is 10.5 Å². The van der Waals surface area contributed by atoms with Gasteiger partial charge in [0.25, 0.3) is 11.6 Å². The highest BCUT2D eigenvalue weighted by molar-refractivity contribution is 5.95. The van der Waals surface area contributed by atoms with Crippen molar-refractivity contribution in [3.8, 4) is 11.3 Å². The number of nitrogens with zero attached hydrogens (tertiary/aromatic N) is 2. The summed E-state index contributed by atoms with van der Waals surface area (Å²) >= 11 is 0. The molecule has 1 N–H and O–H groups in total. The van der Waals surface area contributed by atoms with E-state index in [9.17, 15) is 28.1 Å². The predicted molar refractivity (Wildman–Crippen MR) is 102 cm³/mol. The molecule has 3 rings (SSSR count). The molecule has 30 heavy (non-hydrogen) atoms. The molecule has 7 nitrogen and oxygen atoms in total. The lowest BCUT2D eigenvalue weighted by atomic mass is 10.1. The Hall–Kier alpha value is -3.95. The van der Waals surface area contributed by atoms with Crippen molar-refractivity contribution in [3.63, 3.8) is 0 Å². The number of hydrogen-bond donors (Lipinski definition) is 1. The minimum absolute atomic E-state index is 0.0399. The van der Waals surface area contributed by atoms with Gasteiger partial charge in [0.2, 0.25) is 0 Å². The second-order valence-electron chi connectivity index (χ2n) is 6.24. The third kappa shape index (κ3) is 4.72. The van der Waals surface area contributed by atoms with Gasteiger partial charge in [0.05, 0.1) is 16.7 Å². The normalized spacial score (nSPS) is 11.6. The van der Waals surface area contributed by atoms with Crippen molar-refractivity contribution in [3.05, 3.63) is 87.2 Å². The van der Waals surface area contributed by atoms with Gasteiger partial charge in [-0.15, -0.1) is 0 Å². The van der Waals surface area contributed by atoms with Crippen molar-refractivity contribution in [1.82, 2.24) is 5.43 Å². The first-order chi connectivity index (χ1) is 14.1. The molecule has 3 aromatic rings. The summed E-state index contributed by atoms with van der Waals surface area (Å²) in [5.41, 5.74) is 2.25. The minimum Gasteiger partial charge on any atom is -0.455 e. The first kappa shape index (κ1) is 20.8. The molecule has 1 heterocycles. The number of halogens is 3. The number of nitro benzene ring substituents is 1. The molecule has 0 aliphatic heterocycles. The summed E-state index contributed by atoms with van der Waals surface area (Å²) < 4.78 is 43.8. The molecule has 2 aromatic carbocycles. The Morgan fingerprint density at radius 2 is 1.93 bits per heavy atom. The average molecular weight is 417 g/mol. The number of benzene rings is 2. The van der Waals surface area contributed by atoms with Gasteiger partial charge in [-0.25, -0.2) is 5.43 Å². The Labute approximate surface area is 168 Å². The minimum atomic E-state index is -4.56. The zero-order valence-corrected chi connectivity index (χ0v) is 15.4. The number of hydrogen-bond acceptors (Lipinski definition) is 5. The van der Waals surface area contributed by atoms with Crippen LogP contribution in [0.15, 0.2) is 64.1 Å². The van der Waals surface area contributed by atoms with Crippen LogP contribution in [0, 0.1) is 17.0 Å². The third-order valence-electron chi connectivity index (χ3n) is 4.12. The summed E-state index contributed by atoms with van der Waals surface area (Å²) in [7, 11) is 0. The smallest absolute Gasteiger partial charge is 0.416 e. The molecule has 0 aliphatic rings. The second-order valence-corrected chi connectivity index (χ2v) is 6.24. The van der Waals surface area contributed by atoms with Gasteiger partial charge in [0.15, 0.2) is 0 Å². The fourth-order valence-electron chi connectivity index (χ4n) is 2.66. The summed E-state index contributed by atoms with van der Waals surface area (Å²) in [6, 6.07) is 11.5. The van der Waals surface area contributed by atoms with Crippen LogP contribution in [0.4, 0.5) is 18.9 Å². The summed E-state index contributed by atoms with van der Waals surface area (Å²) in [6.45, 7) is 1.70. The van der Waals surface area contributed by atoms with Gasteiger partial charge in [-0.05, 0) is 48.9 Å². The van der Waals surface area contributed by atoms with Crippen molar-refractivity contribution in [1.29, 1.82) is 0 Å². The summed E-state index contributed by atoms with van der Waals surface area (Å²) in [5.74, 6) is -0.101. The van der Waals surface area contributed by atoms with Crippen LogP contribution < -0.4 is 5.43 Å².